The van der Waals surface area contributed by atoms with Crippen LogP contribution in [-0.4, -0.2) is 74.9 Å². The van der Waals surface area contributed by atoms with Gasteiger partial charge in [0.05, 0.1) is 27.7 Å². The largest absolute Gasteiger partial charge is 0.472 e. The Morgan fingerprint density at radius 3 is 1.40 bits per heavy atom. The van der Waals surface area contributed by atoms with Gasteiger partial charge in [0.1, 0.15) is 19.8 Å². The topological polar surface area (TPSA) is 108 Å². The van der Waals surface area contributed by atoms with Crippen molar-refractivity contribution >= 4 is 19.8 Å². The van der Waals surface area contributed by atoms with E-state index in [1.807, 2.05) is 33.3 Å². The van der Waals surface area contributed by atoms with E-state index >= 15 is 0 Å². The first-order valence-electron chi connectivity index (χ1n) is 24.7. The molecule has 62 heavy (non-hydrogen) atoms. The molecule has 0 heterocycles. The minimum atomic E-state index is -4.40. The van der Waals surface area contributed by atoms with E-state index in [2.05, 4.69) is 74.6 Å². The molecule has 0 saturated carbocycles. The monoisotopic (exact) mass is 891 g/mol. The van der Waals surface area contributed by atoms with Gasteiger partial charge in [0.25, 0.3) is 0 Å². The molecule has 0 amide bonds. The fourth-order valence-corrected chi connectivity index (χ4v) is 7.09. The number of carbonyl (C=O) groups excluding carboxylic acids is 2. The molecule has 1 N–H and O–H groups in total. The molecule has 2 atom stereocenters. The maximum atomic E-state index is 12.7. The van der Waals surface area contributed by atoms with E-state index in [0.717, 1.165) is 44.9 Å². The third kappa shape index (κ3) is 46.9. The Bertz CT molecular complexity index is 1280. The number of hydrogen-bond donors (Lipinski definition) is 1. The number of carbonyl (C=O) groups is 2. The smallest absolute Gasteiger partial charge is 0.462 e. The third-order valence-corrected chi connectivity index (χ3v) is 11.2. The minimum Gasteiger partial charge on any atom is -0.462 e. The first kappa shape index (κ1) is 59.5. The molecule has 9 nitrogen and oxygen atoms in total. The molecule has 358 valence electrons. The van der Waals surface area contributed by atoms with Crippen molar-refractivity contribution < 1.29 is 42.1 Å². The first-order valence-corrected chi connectivity index (χ1v) is 26.2. The maximum Gasteiger partial charge on any atom is 0.472 e. The van der Waals surface area contributed by atoms with Gasteiger partial charge in [-0.15, -0.1) is 0 Å². The van der Waals surface area contributed by atoms with Crippen LogP contribution in [-0.2, 0) is 32.7 Å². The van der Waals surface area contributed by atoms with Crippen LogP contribution in [0.5, 0.6) is 0 Å². The number of likely N-dealkylation sites (N-methyl/N-ethyl adjacent to an activating group) is 1. The van der Waals surface area contributed by atoms with Gasteiger partial charge in [0.15, 0.2) is 6.10 Å². The highest BCUT2D eigenvalue weighted by Crippen LogP contribution is 2.43. The fourth-order valence-electron chi connectivity index (χ4n) is 6.34. The van der Waals surface area contributed by atoms with Gasteiger partial charge < -0.3 is 18.9 Å². The molecular formula is C52H93NO8P+. The van der Waals surface area contributed by atoms with Crippen molar-refractivity contribution in [2.75, 3.05) is 47.5 Å². The summed E-state index contributed by atoms with van der Waals surface area (Å²) in [6, 6.07) is 0. The van der Waals surface area contributed by atoms with Crippen molar-refractivity contribution in [2.24, 2.45) is 0 Å². The lowest BCUT2D eigenvalue weighted by molar-refractivity contribution is -0.870. The Labute approximate surface area is 380 Å². The molecule has 0 aliphatic heterocycles. The average Bonchev–Trinajstić information content (AvgIpc) is 3.23. The SMILES string of the molecule is CCCCC/C=C/C/C=C/C/C=C/C/C=C/C/C=C/CCC(=O)O[C@H](COC(=O)CCCCCCCCCCC/C=C/CCCCCCCC)COP(=O)(O)OCC[N+](C)(C)C. The lowest BCUT2D eigenvalue weighted by atomic mass is 10.1. The number of esters is 2. The van der Waals surface area contributed by atoms with Crippen LogP contribution in [0, 0.1) is 0 Å². The van der Waals surface area contributed by atoms with Crippen LogP contribution in [0.2, 0.25) is 0 Å². The van der Waals surface area contributed by atoms with Gasteiger partial charge in [0, 0.05) is 12.8 Å². The summed E-state index contributed by atoms with van der Waals surface area (Å²) in [5.74, 6) is -0.899. The van der Waals surface area contributed by atoms with E-state index in [4.69, 9.17) is 18.5 Å². The summed E-state index contributed by atoms with van der Waals surface area (Å²) in [5.41, 5.74) is 0. The van der Waals surface area contributed by atoms with E-state index in [0.29, 0.717) is 17.4 Å². The Kier molecular flexibility index (Phi) is 41.9. The molecular weight excluding hydrogens is 798 g/mol. The van der Waals surface area contributed by atoms with E-state index in [1.165, 1.54) is 116 Å². The Morgan fingerprint density at radius 2 is 0.903 bits per heavy atom. The normalized spacial score (nSPS) is 14.1. The summed E-state index contributed by atoms with van der Waals surface area (Å²) >= 11 is 0. The van der Waals surface area contributed by atoms with Gasteiger partial charge in [0.2, 0.25) is 0 Å². The molecule has 1 unspecified atom stereocenters. The highest BCUT2D eigenvalue weighted by Gasteiger charge is 2.27. The number of rotatable bonds is 44. The molecule has 0 rings (SSSR count). The van der Waals surface area contributed by atoms with Crippen LogP contribution in [0.15, 0.2) is 72.9 Å². The summed E-state index contributed by atoms with van der Waals surface area (Å²) in [4.78, 5) is 35.5. The lowest BCUT2D eigenvalue weighted by Crippen LogP contribution is -2.37. The second-order valence-electron chi connectivity index (χ2n) is 17.5. The van der Waals surface area contributed by atoms with Crippen LogP contribution < -0.4 is 0 Å². The van der Waals surface area contributed by atoms with Gasteiger partial charge in [-0.2, -0.15) is 0 Å². The Hall–Kier alpha value is -2.55. The standard InChI is InChI=1S/C52H92NO8P/c1-6-8-10-12-14-16-18-20-22-24-26-28-30-32-34-36-38-40-42-44-51(54)58-48-50(49-60-62(56,57)59-47-46-53(3,4)5)61-52(55)45-43-41-39-37-35-33-31-29-27-25-23-21-19-17-15-13-11-9-7-2/h15,17,20-23,27,29,33,35,39,41,50H,6-14,16,18-19,24-26,28,30-32,34,36-38,40,42-49H2,1-5H3/p+1/b17-15+,22-20+,23-21+,29-27+,35-33+,41-39+/t50-/m1/s1. The average molecular weight is 891 g/mol. The predicted molar refractivity (Wildman–Crippen MR) is 261 cm³/mol. The van der Waals surface area contributed by atoms with Crippen molar-refractivity contribution in [2.45, 2.75) is 200 Å². The highest BCUT2D eigenvalue weighted by molar-refractivity contribution is 7.47. The van der Waals surface area contributed by atoms with Crippen molar-refractivity contribution in [3.05, 3.63) is 72.9 Å². The summed E-state index contributed by atoms with van der Waals surface area (Å²) in [7, 11) is 1.42. The quantitative estimate of drug-likeness (QED) is 0.0212. The molecule has 10 heteroatoms. The number of unbranched alkanes of at least 4 members (excludes halogenated alkanes) is 18. The predicted octanol–water partition coefficient (Wildman–Crippen LogP) is 14.6. The van der Waals surface area contributed by atoms with Crippen molar-refractivity contribution in [3.63, 3.8) is 0 Å². The van der Waals surface area contributed by atoms with Crippen molar-refractivity contribution in [3.8, 4) is 0 Å². The molecule has 0 spiro atoms. The molecule has 0 bridgehead atoms. The zero-order chi connectivity index (χ0) is 45.7. The molecule has 0 saturated heterocycles. The number of ether oxygens (including phenoxy) is 2. The van der Waals surface area contributed by atoms with Gasteiger partial charge in [-0.3, -0.25) is 18.6 Å². The number of quaternary nitrogens is 1. The van der Waals surface area contributed by atoms with E-state index < -0.39 is 32.5 Å². The van der Waals surface area contributed by atoms with Crippen LogP contribution in [0.3, 0.4) is 0 Å². The van der Waals surface area contributed by atoms with Crippen LogP contribution in [0.25, 0.3) is 0 Å². The van der Waals surface area contributed by atoms with Gasteiger partial charge >= 0.3 is 19.8 Å². The Balaban J connectivity index is 4.41. The third-order valence-electron chi connectivity index (χ3n) is 10.2. The van der Waals surface area contributed by atoms with Crippen molar-refractivity contribution in [1.29, 1.82) is 0 Å². The van der Waals surface area contributed by atoms with Gasteiger partial charge in [-0.05, 0) is 77.0 Å². The number of phosphoric acid groups is 1. The summed E-state index contributed by atoms with van der Waals surface area (Å²) in [6.45, 7) is 4.30. The van der Waals surface area contributed by atoms with E-state index in [1.54, 1.807) is 0 Å². The van der Waals surface area contributed by atoms with Crippen LogP contribution in [0.4, 0.5) is 0 Å². The Morgan fingerprint density at radius 1 is 0.500 bits per heavy atom. The minimum absolute atomic E-state index is 0.0152. The summed E-state index contributed by atoms with van der Waals surface area (Å²) in [5, 5.41) is 0. The summed E-state index contributed by atoms with van der Waals surface area (Å²) < 4.78 is 34.3. The molecule has 0 aromatic rings. The van der Waals surface area contributed by atoms with Gasteiger partial charge in [-0.1, -0.05) is 177 Å². The number of nitrogens with zero attached hydrogens (tertiary/aromatic N) is 1. The van der Waals surface area contributed by atoms with Crippen LogP contribution in [0.1, 0.15) is 194 Å². The zero-order valence-electron chi connectivity index (χ0n) is 40.3. The van der Waals surface area contributed by atoms with E-state index in [9.17, 15) is 19.0 Å². The van der Waals surface area contributed by atoms with Crippen LogP contribution >= 0.6 is 7.82 Å². The highest BCUT2D eigenvalue weighted by atomic mass is 31.2. The number of phosphoric ester groups is 1. The van der Waals surface area contributed by atoms with E-state index in [-0.39, 0.29) is 26.1 Å². The summed E-state index contributed by atoms with van der Waals surface area (Å²) in [6.07, 6.45) is 55.4. The number of hydrogen-bond acceptors (Lipinski definition) is 7. The van der Waals surface area contributed by atoms with Crippen molar-refractivity contribution in [1.82, 2.24) is 0 Å². The molecule has 0 aliphatic rings. The molecule has 0 aliphatic carbocycles. The molecule has 0 aromatic carbocycles. The lowest BCUT2D eigenvalue weighted by Gasteiger charge is -2.24. The maximum absolute atomic E-state index is 12.7. The second-order valence-corrected chi connectivity index (χ2v) is 18.9. The first-order chi connectivity index (χ1) is 30.0. The van der Waals surface area contributed by atoms with Gasteiger partial charge in [-0.25, -0.2) is 4.57 Å². The molecule has 0 radical (unpaired) electrons. The number of allylic oxidation sites excluding steroid dienone is 12. The molecule has 0 aromatic heterocycles. The fraction of sp³-hybridized carbons (Fsp3) is 0.731. The molecule has 0 fully saturated rings. The zero-order valence-corrected chi connectivity index (χ0v) is 41.2. The second kappa shape index (κ2) is 43.7.